The number of halogens is 1. The van der Waals surface area contributed by atoms with Gasteiger partial charge in [-0.2, -0.15) is 0 Å². The Balaban J connectivity index is 1.55. The first kappa shape index (κ1) is 18.2. The Morgan fingerprint density at radius 1 is 1.12 bits per heavy atom. The predicted molar refractivity (Wildman–Crippen MR) is 105 cm³/mol. The Hall–Kier alpha value is -2.61. The summed E-state index contributed by atoms with van der Waals surface area (Å²) in [6, 6.07) is 14.8. The number of benzene rings is 2. The molecule has 1 heterocycles. The van der Waals surface area contributed by atoms with E-state index in [-0.39, 0.29) is 18.1 Å². The summed E-state index contributed by atoms with van der Waals surface area (Å²) in [5.41, 5.74) is 1.44. The van der Waals surface area contributed by atoms with Gasteiger partial charge >= 0.3 is 0 Å². The first-order valence-electron chi connectivity index (χ1n) is 8.30. The van der Waals surface area contributed by atoms with E-state index in [0.717, 1.165) is 18.8 Å². The molecule has 0 aromatic heterocycles. The molecule has 1 saturated heterocycles. The minimum Gasteiger partial charge on any atom is -0.371 e. The highest BCUT2D eigenvalue weighted by Gasteiger charge is 2.22. The third kappa shape index (κ3) is 4.32. The van der Waals surface area contributed by atoms with E-state index in [9.17, 15) is 14.9 Å². The van der Waals surface area contributed by atoms with Crippen LogP contribution in [0.25, 0.3) is 0 Å². The molecule has 2 aromatic rings. The van der Waals surface area contributed by atoms with Gasteiger partial charge in [0.05, 0.1) is 11.5 Å². The van der Waals surface area contributed by atoms with Crippen LogP contribution in [0.1, 0.15) is 0 Å². The van der Waals surface area contributed by atoms with E-state index in [1.807, 2.05) is 18.2 Å². The summed E-state index contributed by atoms with van der Waals surface area (Å²) in [5, 5.41) is 14.0. The number of hydrogen-bond donors (Lipinski definition) is 1. The van der Waals surface area contributed by atoms with E-state index in [4.69, 9.17) is 0 Å². The largest absolute Gasteiger partial charge is 0.371 e. The van der Waals surface area contributed by atoms with Crippen LogP contribution < -0.4 is 10.2 Å². The van der Waals surface area contributed by atoms with Gasteiger partial charge in [0.15, 0.2) is 0 Å². The number of anilines is 2. The first-order chi connectivity index (χ1) is 12.5. The minimum absolute atomic E-state index is 0.0355. The van der Waals surface area contributed by atoms with Crippen molar-refractivity contribution in [2.24, 2.45) is 0 Å². The van der Waals surface area contributed by atoms with E-state index >= 15 is 0 Å². The third-order valence-electron chi connectivity index (χ3n) is 4.34. The van der Waals surface area contributed by atoms with Crippen molar-refractivity contribution in [2.75, 3.05) is 42.9 Å². The van der Waals surface area contributed by atoms with Gasteiger partial charge in [0.1, 0.15) is 5.69 Å². The summed E-state index contributed by atoms with van der Waals surface area (Å²) >= 11 is 3.22. The Bertz CT molecular complexity index is 792. The maximum Gasteiger partial charge on any atom is 0.293 e. The molecule has 3 rings (SSSR count). The van der Waals surface area contributed by atoms with E-state index in [0.29, 0.717) is 23.2 Å². The molecule has 7 nitrogen and oxygen atoms in total. The molecule has 0 aliphatic carbocycles. The zero-order valence-corrected chi connectivity index (χ0v) is 15.7. The molecule has 1 fully saturated rings. The lowest BCUT2D eigenvalue weighted by Gasteiger charge is -2.36. The van der Waals surface area contributed by atoms with Crippen molar-refractivity contribution >= 4 is 38.9 Å². The van der Waals surface area contributed by atoms with Gasteiger partial charge in [0.2, 0.25) is 5.91 Å². The predicted octanol–water partition coefficient (Wildman–Crippen LogP) is 3.12. The maximum atomic E-state index is 12.4. The van der Waals surface area contributed by atoms with Crippen molar-refractivity contribution in [1.29, 1.82) is 0 Å². The lowest BCUT2D eigenvalue weighted by molar-refractivity contribution is -0.384. The molecule has 136 valence electrons. The highest BCUT2D eigenvalue weighted by Crippen LogP contribution is 2.27. The number of nitrogens with one attached hydrogen (secondary N) is 1. The number of nitro groups is 1. The smallest absolute Gasteiger partial charge is 0.293 e. The first-order valence-corrected chi connectivity index (χ1v) is 9.09. The lowest BCUT2D eigenvalue weighted by atomic mass is 10.2. The summed E-state index contributed by atoms with van der Waals surface area (Å²) in [7, 11) is 0. The fourth-order valence-electron chi connectivity index (χ4n) is 2.94. The maximum absolute atomic E-state index is 12.4. The Kier molecular flexibility index (Phi) is 5.72. The molecule has 1 aliphatic heterocycles. The van der Waals surface area contributed by atoms with Crippen molar-refractivity contribution in [2.45, 2.75) is 0 Å². The molecule has 0 spiro atoms. The van der Waals surface area contributed by atoms with Crippen LogP contribution in [0, 0.1) is 10.1 Å². The Morgan fingerprint density at radius 2 is 1.81 bits per heavy atom. The van der Waals surface area contributed by atoms with Crippen LogP contribution in [0.3, 0.4) is 0 Å². The van der Waals surface area contributed by atoms with Gasteiger partial charge in [0, 0.05) is 42.4 Å². The van der Waals surface area contributed by atoms with Crippen LogP contribution in [0.5, 0.6) is 0 Å². The average molecular weight is 419 g/mol. The monoisotopic (exact) mass is 418 g/mol. The number of rotatable bonds is 5. The van der Waals surface area contributed by atoms with Gasteiger partial charge in [0.25, 0.3) is 5.69 Å². The minimum atomic E-state index is -0.462. The van der Waals surface area contributed by atoms with E-state index in [1.165, 1.54) is 6.07 Å². The van der Waals surface area contributed by atoms with Gasteiger partial charge in [-0.15, -0.1) is 0 Å². The van der Waals surface area contributed by atoms with Crippen molar-refractivity contribution in [1.82, 2.24) is 4.90 Å². The van der Waals surface area contributed by atoms with Crippen molar-refractivity contribution in [3.8, 4) is 0 Å². The molecule has 26 heavy (non-hydrogen) atoms. The second kappa shape index (κ2) is 8.18. The molecule has 8 heteroatoms. The molecular formula is C18H19BrN4O3. The van der Waals surface area contributed by atoms with E-state index in [1.54, 1.807) is 17.0 Å². The quantitative estimate of drug-likeness (QED) is 0.595. The zero-order chi connectivity index (χ0) is 18.5. The molecule has 2 aromatic carbocycles. The molecule has 1 aliphatic rings. The summed E-state index contributed by atoms with van der Waals surface area (Å²) in [4.78, 5) is 27.1. The summed E-state index contributed by atoms with van der Waals surface area (Å²) in [5.74, 6) is -0.0603. The number of carbonyl (C=O) groups is 1. The van der Waals surface area contributed by atoms with Gasteiger partial charge in [-0.3, -0.25) is 14.9 Å². The van der Waals surface area contributed by atoms with Crippen molar-refractivity contribution in [3.63, 3.8) is 0 Å². The van der Waals surface area contributed by atoms with Crippen molar-refractivity contribution in [3.05, 3.63) is 63.1 Å². The normalized spacial score (nSPS) is 14.2. The standard InChI is InChI=1S/C18H19BrN4O3/c19-14-6-7-16(17(12-14)23(25)26)20-13-18(24)22-10-8-21(9-11-22)15-4-2-1-3-5-15/h1-7,12,20H,8-11,13H2. The van der Waals surface area contributed by atoms with Crippen LogP contribution in [0.4, 0.5) is 17.1 Å². The van der Waals surface area contributed by atoms with Crippen LogP contribution in [0.2, 0.25) is 0 Å². The zero-order valence-electron chi connectivity index (χ0n) is 14.1. The van der Waals surface area contributed by atoms with Crippen LogP contribution >= 0.6 is 15.9 Å². The van der Waals surface area contributed by atoms with Crippen molar-refractivity contribution < 1.29 is 9.72 Å². The number of para-hydroxylation sites is 1. The van der Waals surface area contributed by atoms with Crippen LogP contribution in [-0.2, 0) is 4.79 Å². The van der Waals surface area contributed by atoms with Gasteiger partial charge < -0.3 is 15.1 Å². The molecule has 0 unspecified atom stereocenters. The highest BCUT2D eigenvalue weighted by molar-refractivity contribution is 9.10. The second-order valence-corrected chi connectivity index (χ2v) is 6.89. The second-order valence-electron chi connectivity index (χ2n) is 5.98. The molecule has 0 atom stereocenters. The topological polar surface area (TPSA) is 78.7 Å². The molecule has 1 amide bonds. The number of nitrogens with zero attached hydrogens (tertiary/aromatic N) is 3. The lowest BCUT2D eigenvalue weighted by Crippen LogP contribution is -2.50. The number of carbonyl (C=O) groups excluding carboxylic acids is 1. The molecule has 0 saturated carbocycles. The number of piperazine rings is 1. The van der Waals surface area contributed by atoms with Gasteiger partial charge in [-0.1, -0.05) is 34.1 Å². The average Bonchev–Trinajstić information content (AvgIpc) is 2.67. The summed E-state index contributed by atoms with van der Waals surface area (Å²) in [6.07, 6.45) is 0. The fraction of sp³-hybridized carbons (Fsp3) is 0.278. The van der Waals surface area contributed by atoms with Gasteiger partial charge in [-0.05, 0) is 24.3 Å². The molecule has 0 radical (unpaired) electrons. The summed E-state index contributed by atoms with van der Waals surface area (Å²) < 4.78 is 0.623. The number of amides is 1. The number of nitro benzene ring substituents is 1. The number of hydrogen-bond acceptors (Lipinski definition) is 5. The summed E-state index contributed by atoms with van der Waals surface area (Å²) in [6.45, 7) is 2.85. The van der Waals surface area contributed by atoms with Crippen LogP contribution in [0.15, 0.2) is 53.0 Å². The highest BCUT2D eigenvalue weighted by atomic mass is 79.9. The molecule has 0 bridgehead atoms. The van der Waals surface area contributed by atoms with E-state index < -0.39 is 4.92 Å². The Morgan fingerprint density at radius 3 is 2.46 bits per heavy atom. The molecular weight excluding hydrogens is 400 g/mol. The van der Waals surface area contributed by atoms with Gasteiger partial charge in [-0.25, -0.2) is 0 Å². The molecule has 1 N–H and O–H groups in total. The SMILES string of the molecule is O=C(CNc1ccc(Br)cc1[N+](=O)[O-])N1CCN(c2ccccc2)CC1. The van der Waals surface area contributed by atoms with E-state index in [2.05, 4.69) is 38.3 Å². The third-order valence-corrected chi connectivity index (χ3v) is 4.83. The fourth-order valence-corrected chi connectivity index (χ4v) is 3.29. The Labute approximate surface area is 159 Å². The van der Waals surface area contributed by atoms with Crippen LogP contribution in [-0.4, -0.2) is 48.5 Å².